The molecule has 1 aromatic rings. The van der Waals surface area contributed by atoms with Gasteiger partial charge in [0.25, 0.3) is 0 Å². The van der Waals surface area contributed by atoms with Gasteiger partial charge in [0.1, 0.15) is 6.61 Å². The van der Waals surface area contributed by atoms with Crippen molar-refractivity contribution in [2.45, 2.75) is 32.7 Å². The summed E-state index contributed by atoms with van der Waals surface area (Å²) in [4.78, 5) is 11.6. The van der Waals surface area contributed by atoms with E-state index in [1.165, 1.54) is 18.9 Å². The Labute approximate surface area is 100 Å². The molecule has 2 rings (SSSR count). The molecule has 1 saturated carbocycles. The van der Waals surface area contributed by atoms with Crippen LogP contribution in [-0.4, -0.2) is 27.6 Å². The van der Waals surface area contributed by atoms with Crippen molar-refractivity contribution < 1.29 is 9.53 Å². The zero-order valence-corrected chi connectivity index (χ0v) is 10.1. The lowest BCUT2D eigenvalue weighted by atomic mass is 10.3. The van der Waals surface area contributed by atoms with Gasteiger partial charge in [-0.1, -0.05) is 30.7 Å². The summed E-state index contributed by atoms with van der Waals surface area (Å²) >= 11 is 0. The Morgan fingerprint density at radius 1 is 1.65 bits per heavy atom. The van der Waals surface area contributed by atoms with Gasteiger partial charge in [0.15, 0.2) is 5.69 Å². The van der Waals surface area contributed by atoms with Crippen LogP contribution >= 0.6 is 0 Å². The third-order valence-corrected chi connectivity index (χ3v) is 2.95. The van der Waals surface area contributed by atoms with E-state index in [1.54, 1.807) is 4.68 Å². The number of nitrogens with zero attached hydrogens (tertiary/aromatic N) is 3. The highest BCUT2D eigenvalue weighted by atomic mass is 16.5. The molecule has 1 aliphatic carbocycles. The topological polar surface area (TPSA) is 57.0 Å². The largest absolute Gasteiger partial charge is 0.457 e. The van der Waals surface area contributed by atoms with Crippen LogP contribution in [-0.2, 0) is 11.3 Å². The van der Waals surface area contributed by atoms with Crippen molar-refractivity contribution in [3.8, 4) is 0 Å². The first-order valence-electron chi connectivity index (χ1n) is 5.90. The van der Waals surface area contributed by atoms with Gasteiger partial charge in [0.2, 0.25) is 0 Å². The van der Waals surface area contributed by atoms with Gasteiger partial charge in [-0.25, -0.2) is 9.48 Å². The fourth-order valence-electron chi connectivity index (χ4n) is 1.68. The summed E-state index contributed by atoms with van der Waals surface area (Å²) in [5.74, 6) is 0.412. The van der Waals surface area contributed by atoms with Gasteiger partial charge in [0, 0.05) is 6.54 Å². The molecule has 0 radical (unpaired) electrons. The van der Waals surface area contributed by atoms with Gasteiger partial charge in [-0.15, -0.1) is 5.10 Å². The fourth-order valence-corrected chi connectivity index (χ4v) is 1.68. The Kier molecular flexibility index (Phi) is 3.56. The van der Waals surface area contributed by atoms with Crippen molar-refractivity contribution in [1.29, 1.82) is 0 Å². The molecule has 0 atom stereocenters. The predicted molar refractivity (Wildman–Crippen MR) is 62.6 cm³/mol. The van der Waals surface area contributed by atoms with Gasteiger partial charge >= 0.3 is 5.97 Å². The molecule has 0 aromatic carbocycles. The quantitative estimate of drug-likeness (QED) is 0.556. The van der Waals surface area contributed by atoms with Crippen LogP contribution in [0.5, 0.6) is 0 Å². The Morgan fingerprint density at radius 2 is 2.41 bits per heavy atom. The van der Waals surface area contributed by atoms with E-state index >= 15 is 0 Å². The van der Waals surface area contributed by atoms with Crippen LogP contribution in [0.4, 0.5) is 0 Å². The van der Waals surface area contributed by atoms with Crippen LogP contribution in [0.1, 0.15) is 35.4 Å². The molecule has 0 unspecified atom stereocenters. The average Bonchev–Trinajstić information content (AvgIpc) is 3.08. The molecule has 0 aliphatic heterocycles. The van der Waals surface area contributed by atoms with Gasteiger partial charge in [-0.3, -0.25) is 0 Å². The second-order valence-electron chi connectivity index (χ2n) is 4.37. The highest BCUT2D eigenvalue weighted by Crippen LogP contribution is 2.32. The van der Waals surface area contributed by atoms with Crippen molar-refractivity contribution in [2.24, 2.45) is 5.92 Å². The fraction of sp³-hybridized carbons (Fsp3) is 0.583. The smallest absolute Gasteiger partial charge is 0.361 e. The molecule has 0 bridgehead atoms. The first kappa shape index (κ1) is 11.8. The third-order valence-electron chi connectivity index (χ3n) is 2.95. The lowest BCUT2D eigenvalue weighted by Gasteiger charge is -2.02. The van der Waals surface area contributed by atoms with Crippen LogP contribution in [0.2, 0.25) is 0 Å². The van der Waals surface area contributed by atoms with Crippen LogP contribution in [0.3, 0.4) is 0 Å². The highest BCUT2D eigenvalue weighted by molar-refractivity contribution is 5.88. The summed E-state index contributed by atoms with van der Waals surface area (Å²) in [7, 11) is 0. The van der Waals surface area contributed by atoms with E-state index in [0.29, 0.717) is 5.69 Å². The second-order valence-corrected chi connectivity index (χ2v) is 4.37. The van der Waals surface area contributed by atoms with E-state index in [-0.39, 0.29) is 6.61 Å². The molecule has 1 fully saturated rings. The molecule has 0 N–H and O–H groups in total. The minimum Gasteiger partial charge on any atom is -0.457 e. The first-order chi connectivity index (χ1) is 8.22. The van der Waals surface area contributed by atoms with Crippen molar-refractivity contribution in [3.63, 3.8) is 0 Å². The third kappa shape index (κ3) is 2.93. The molecule has 1 aromatic heterocycles. The number of rotatable bonds is 6. The van der Waals surface area contributed by atoms with Crippen molar-refractivity contribution in [1.82, 2.24) is 15.0 Å². The first-order valence-corrected chi connectivity index (χ1v) is 5.90. The number of hydrogen-bond acceptors (Lipinski definition) is 4. The number of aromatic nitrogens is 3. The predicted octanol–water partition coefficient (Wildman–Crippen LogP) is 1.73. The van der Waals surface area contributed by atoms with E-state index in [9.17, 15) is 4.79 Å². The minimum atomic E-state index is -0.430. The maximum Gasteiger partial charge on any atom is 0.361 e. The molecule has 5 nitrogen and oxygen atoms in total. The number of ether oxygens (including phenoxy) is 1. The van der Waals surface area contributed by atoms with E-state index < -0.39 is 5.97 Å². The van der Waals surface area contributed by atoms with Gasteiger partial charge in [-0.2, -0.15) is 0 Å². The molecule has 0 spiro atoms. The average molecular weight is 235 g/mol. The Hall–Kier alpha value is -1.65. The number of aryl methyl sites for hydroxylation is 1. The van der Waals surface area contributed by atoms with Crippen LogP contribution < -0.4 is 0 Å². The molecule has 1 aliphatic rings. The molecule has 1 heterocycles. The molecule has 0 saturated heterocycles. The number of hydrogen-bond donors (Lipinski definition) is 0. The van der Waals surface area contributed by atoms with Crippen LogP contribution in [0.25, 0.3) is 0 Å². The molecule has 92 valence electrons. The van der Waals surface area contributed by atoms with E-state index in [0.717, 1.165) is 24.6 Å². The zero-order chi connectivity index (χ0) is 12.3. The summed E-state index contributed by atoms with van der Waals surface area (Å²) < 4.78 is 6.72. The van der Waals surface area contributed by atoms with Gasteiger partial charge in [-0.05, 0) is 19.3 Å². The molecule has 17 heavy (non-hydrogen) atoms. The molecule has 5 heteroatoms. The number of carbonyl (C=O) groups excluding carboxylic acids is 1. The lowest BCUT2D eigenvalue weighted by Crippen LogP contribution is -2.09. The van der Waals surface area contributed by atoms with Crippen molar-refractivity contribution in [2.75, 3.05) is 6.61 Å². The standard InChI is InChI=1S/C12H17N3O2/c1-3-8-17-12(16)11-9(2)15(14-13-11)7-6-10-4-5-10/h3,10H,1,4-8H2,2H3. The van der Waals surface area contributed by atoms with E-state index in [1.807, 2.05) is 6.92 Å². The normalized spacial score (nSPS) is 14.6. The summed E-state index contributed by atoms with van der Waals surface area (Å²) in [5, 5.41) is 7.86. The zero-order valence-electron chi connectivity index (χ0n) is 10.1. The summed E-state index contributed by atoms with van der Waals surface area (Å²) in [5.41, 5.74) is 1.09. The second kappa shape index (κ2) is 5.12. The highest BCUT2D eigenvalue weighted by Gasteiger charge is 2.22. The van der Waals surface area contributed by atoms with Crippen LogP contribution in [0.15, 0.2) is 12.7 Å². The lowest BCUT2D eigenvalue weighted by molar-refractivity contribution is 0.0542. The maximum absolute atomic E-state index is 11.6. The summed E-state index contributed by atoms with van der Waals surface area (Å²) in [6.45, 7) is 6.37. The Bertz CT molecular complexity index is 421. The van der Waals surface area contributed by atoms with Crippen LogP contribution in [0, 0.1) is 12.8 Å². The Morgan fingerprint density at radius 3 is 3.06 bits per heavy atom. The summed E-state index contributed by atoms with van der Waals surface area (Å²) in [6.07, 6.45) is 5.29. The van der Waals surface area contributed by atoms with Gasteiger partial charge < -0.3 is 4.74 Å². The summed E-state index contributed by atoms with van der Waals surface area (Å²) in [6, 6.07) is 0. The molecule has 0 amide bonds. The Balaban J connectivity index is 1.97. The molecular weight excluding hydrogens is 218 g/mol. The SMILES string of the molecule is C=CCOC(=O)c1nnn(CCC2CC2)c1C. The molecular formula is C12H17N3O2. The van der Waals surface area contributed by atoms with E-state index in [2.05, 4.69) is 16.9 Å². The van der Waals surface area contributed by atoms with Gasteiger partial charge in [0.05, 0.1) is 5.69 Å². The number of carbonyl (C=O) groups is 1. The maximum atomic E-state index is 11.6. The van der Waals surface area contributed by atoms with Crippen molar-refractivity contribution >= 4 is 5.97 Å². The van der Waals surface area contributed by atoms with E-state index in [4.69, 9.17) is 4.74 Å². The monoisotopic (exact) mass is 235 g/mol. The van der Waals surface area contributed by atoms with Crippen molar-refractivity contribution in [3.05, 3.63) is 24.0 Å². The minimum absolute atomic E-state index is 0.202. The number of esters is 1.